The largest absolute Gasteiger partial charge is 0.507 e. The van der Waals surface area contributed by atoms with Crippen LogP contribution in [0.25, 0.3) is 11.0 Å². The predicted octanol–water partition coefficient (Wildman–Crippen LogP) is 5.45. The van der Waals surface area contributed by atoms with E-state index in [0.29, 0.717) is 5.56 Å². The van der Waals surface area contributed by atoms with E-state index in [0.717, 1.165) is 11.1 Å². The number of esters is 1. The highest BCUT2D eigenvalue weighted by Crippen LogP contribution is 2.42. The van der Waals surface area contributed by atoms with E-state index in [1.165, 1.54) is 7.11 Å². The number of aromatic hydroxyl groups is 2. The summed E-state index contributed by atoms with van der Waals surface area (Å²) in [6.07, 6.45) is 4.13. The van der Waals surface area contributed by atoms with Crippen molar-refractivity contribution in [1.82, 2.24) is 0 Å². The van der Waals surface area contributed by atoms with E-state index in [-0.39, 0.29) is 46.4 Å². The Morgan fingerprint density at radius 3 is 2.09 bits per heavy atom. The van der Waals surface area contributed by atoms with Gasteiger partial charge in [-0.1, -0.05) is 41.5 Å². The Bertz CT molecular complexity index is 1340. The summed E-state index contributed by atoms with van der Waals surface area (Å²) in [6, 6.07) is 8.21. The van der Waals surface area contributed by atoms with Gasteiger partial charge in [0.15, 0.2) is 5.58 Å². The predicted molar refractivity (Wildman–Crippen MR) is 130 cm³/mol. The summed E-state index contributed by atoms with van der Waals surface area (Å²) in [7, 11) is 1.24. The zero-order valence-corrected chi connectivity index (χ0v) is 19.9. The Hall–Kier alpha value is -4.00. The Balaban J connectivity index is 2.31. The number of ether oxygens (including phenoxy) is 2. The minimum absolute atomic E-state index is 0.0740. The van der Waals surface area contributed by atoms with Crippen molar-refractivity contribution in [3.63, 3.8) is 0 Å². The first-order valence-corrected chi connectivity index (χ1v) is 10.8. The number of hydrogen-bond acceptors (Lipinski definition) is 7. The second kappa shape index (κ2) is 10.3. The van der Waals surface area contributed by atoms with E-state index in [4.69, 9.17) is 13.9 Å². The maximum atomic E-state index is 13.4. The van der Waals surface area contributed by atoms with Crippen molar-refractivity contribution in [2.75, 3.05) is 7.11 Å². The summed E-state index contributed by atoms with van der Waals surface area (Å²) >= 11 is 0. The Labute approximate surface area is 197 Å². The molecule has 0 aliphatic heterocycles. The first-order chi connectivity index (χ1) is 16.1. The minimum Gasteiger partial charge on any atom is -0.507 e. The van der Waals surface area contributed by atoms with Crippen LogP contribution in [0, 0.1) is 0 Å². The number of carbonyl (C=O) groups excluding carboxylic acids is 1. The van der Waals surface area contributed by atoms with Gasteiger partial charge in [-0.2, -0.15) is 0 Å². The summed E-state index contributed by atoms with van der Waals surface area (Å²) in [5.41, 5.74) is 1.93. The minimum atomic E-state index is -0.749. The molecule has 7 heteroatoms. The molecule has 3 aromatic rings. The molecule has 0 fully saturated rings. The Kier molecular flexibility index (Phi) is 7.46. The molecule has 0 atom stereocenters. The van der Waals surface area contributed by atoms with E-state index in [2.05, 4.69) is 0 Å². The average Bonchev–Trinajstić information content (AvgIpc) is 2.79. The van der Waals surface area contributed by atoms with Crippen LogP contribution < -0.4 is 14.9 Å². The van der Waals surface area contributed by atoms with Crippen LogP contribution in [0.2, 0.25) is 0 Å². The second-order valence-corrected chi connectivity index (χ2v) is 8.34. The second-order valence-electron chi connectivity index (χ2n) is 8.34. The number of phenols is 2. The summed E-state index contributed by atoms with van der Waals surface area (Å²) in [6.45, 7) is 7.58. The molecule has 0 spiro atoms. The van der Waals surface area contributed by atoms with E-state index < -0.39 is 23.1 Å². The molecule has 0 amide bonds. The average molecular weight is 465 g/mol. The molecule has 0 bridgehead atoms. The molecule has 0 aliphatic carbocycles. The summed E-state index contributed by atoms with van der Waals surface area (Å²) in [5.74, 6) is -2.16. The fourth-order valence-electron chi connectivity index (χ4n) is 3.44. The first kappa shape index (κ1) is 24.6. The van der Waals surface area contributed by atoms with Crippen LogP contribution in [0.5, 0.6) is 23.2 Å². The van der Waals surface area contributed by atoms with Gasteiger partial charge in [-0.05, 0) is 52.7 Å². The van der Waals surface area contributed by atoms with Gasteiger partial charge in [0.2, 0.25) is 11.2 Å². The maximum absolute atomic E-state index is 13.4. The molecule has 0 saturated heterocycles. The van der Waals surface area contributed by atoms with Gasteiger partial charge in [0.25, 0.3) is 0 Å². The van der Waals surface area contributed by atoms with Crippen LogP contribution in [0.3, 0.4) is 0 Å². The first-order valence-electron chi connectivity index (χ1n) is 10.8. The van der Waals surface area contributed by atoms with Gasteiger partial charge in [0.05, 0.1) is 12.7 Å². The van der Waals surface area contributed by atoms with E-state index in [1.807, 2.05) is 39.8 Å². The lowest BCUT2D eigenvalue weighted by Gasteiger charge is -2.16. The van der Waals surface area contributed by atoms with Crippen LogP contribution in [-0.4, -0.2) is 23.3 Å². The Morgan fingerprint density at radius 2 is 1.53 bits per heavy atom. The zero-order chi connectivity index (χ0) is 25.0. The van der Waals surface area contributed by atoms with Gasteiger partial charge in [0.1, 0.15) is 16.9 Å². The molecule has 34 heavy (non-hydrogen) atoms. The van der Waals surface area contributed by atoms with Gasteiger partial charge in [-0.15, -0.1) is 0 Å². The third kappa shape index (κ3) is 4.98. The van der Waals surface area contributed by atoms with Crippen molar-refractivity contribution >= 4 is 16.9 Å². The van der Waals surface area contributed by atoms with Crippen LogP contribution in [0.1, 0.15) is 49.2 Å². The zero-order valence-electron chi connectivity index (χ0n) is 19.9. The number of methoxy groups -OCH3 is 1. The number of carbonyl (C=O) groups is 1. The number of phenolic OH excluding ortho intramolecular Hbond substituents is 2. The van der Waals surface area contributed by atoms with E-state index >= 15 is 0 Å². The molecule has 2 aromatic carbocycles. The van der Waals surface area contributed by atoms with Crippen molar-refractivity contribution in [1.29, 1.82) is 0 Å². The molecule has 3 rings (SSSR count). The van der Waals surface area contributed by atoms with Crippen molar-refractivity contribution in [3.8, 4) is 23.2 Å². The number of hydrogen-bond donors (Lipinski definition) is 2. The molecular weight excluding hydrogens is 436 g/mol. The lowest BCUT2D eigenvalue weighted by Crippen LogP contribution is -2.14. The number of benzene rings is 2. The van der Waals surface area contributed by atoms with Gasteiger partial charge >= 0.3 is 11.9 Å². The third-order valence-electron chi connectivity index (χ3n) is 5.24. The fourth-order valence-corrected chi connectivity index (χ4v) is 3.44. The maximum Gasteiger partial charge on any atom is 0.346 e. The SMILES string of the molecule is COc1c(OC(=O)c2ccccc2)oc2c(CC=C(C)C)c(O)c(CC=C(C)C)c(O)c2c1=O. The highest BCUT2D eigenvalue weighted by molar-refractivity contribution is 5.93. The van der Waals surface area contributed by atoms with Crippen LogP contribution in [0.4, 0.5) is 0 Å². The molecule has 178 valence electrons. The molecule has 0 saturated carbocycles. The summed E-state index contributed by atoms with van der Waals surface area (Å²) in [4.78, 5) is 26.0. The van der Waals surface area contributed by atoms with Gasteiger partial charge in [0, 0.05) is 11.1 Å². The van der Waals surface area contributed by atoms with E-state index in [9.17, 15) is 19.8 Å². The summed E-state index contributed by atoms with van der Waals surface area (Å²) in [5, 5.41) is 21.9. The Morgan fingerprint density at radius 1 is 0.941 bits per heavy atom. The lowest BCUT2D eigenvalue weighted by atomic mass is 9.97. The van der Waals surface area contributed by atoms with Crippen LogP contribution >= 0.6 is 0 Å². The van der Waals surface area contributed by atoms with Gasteiger partial charge in [-0.3, -0.25) is 4.79 Å². The molecule has 2 N–H and O–H groups in total. The monoisotopic (exact) mass is 464 g/mol. The normalized spacial score (nSPS) is 10.6. The van der Waals surface area contributed by atoms with Gasteiger partial charge in [-0.25, -0.2) is 4.79 Å². The van der Waals surface area contributed by atoms with Crippen LogP contribution in [0.15, 0.2) is 62.8 Å². The van der Waals surface area contributed by atoms with Gasteiger partial charge < -0.3 is 24.1 Å². The van der Waals surface area contributed by atoms with Crippen molar-refractivity contribution in [2.24, 2.45) is 0 Å². The molecule has 0 radical (unpaired) electrons. The lowest BCUT2D eigenvalue weighted by molar-refractivity contribution is 0.0686. The number of fused-ring (bicyclic) bond motifs is 1. The molecular formula is C27H28O7. The van der Waals surface area contributed by atoms with E-state index in [1.54, 1.807) is 30.3 Å². The highest BCUT2D eigenvalue weighted by atomic mass is 16.6. The van der Waals surface area contributed by atoms with Crippen molar-refractivity contribution in [2.45, 2.75) is 40.5 Å². The smallest absolute Gasteiger partial charge is 0.346 e. The van der Waals surface area contributed by atoms with Crippen molar-refractivity contribution in [3.05, 3.63) is 80.5 Å². The van der Waals surface area contributed by atoms with Crippen molar-refractivity contribution < 1.29 is 28.9 Å². The molecule has 0 unspecified atom stereocenters. The molecule has 0 aliphatic rings. The standard InChI is InChI=1S/C27H28O7/c1-15(2)11-13-18-21(28)19(14-12-16(3)4)24-20(22(18)29)23(30)25(32-5)27(33-24)34-26(31)17-9-7-6-8-10-17/h6-12,28-29H,13-14H2,1-5H3. The number of allylic oxidation sites excluding steroid dienone is 4. The molecule has 7 nitrogen and oxygen atoms in total. The topological polar surface area (TPSA) is 106 Å². The summed E-state index contributed by atoms with van der Waals surface area (Å²) < 4.78 is 16.4. The third-order valence-corrected chi connectivity index (χ3v) is 5.24. The highest BCUT2D eigenvalue weighted by Gasteiger charge is 2.27. The molecule has 1 heterocycles. The van der Waals surface area contributed by atoms with Crippen LogP contribution in [-0.2, 0) is 12.8 Å². The quantitative estimate of drug-likeness (QED) is 0.354. The molecule has 1 aromatic heterocycles. The fraction of sp³-hybridized carbons (Fsp3) is 0.259. The number of rotatable bonds is 7.